The summed E-state index contributed by atoms with van der Waals surface area (Å²) in [4.78, 5) is 31.5. The number of hydrogen-bond acceptors (Lipinski definition) is 5. The van der Waals surface area contributed by atoms with Crippen molar-refractivity contribution in [1.82, 2.24) is 19.5 Å². The number of carbonyl (C=O) groups is 2. The van der Waals surface area contributed by atoms with E-state index < -0.39 is 5.97 Å². The molecule has 5 rings (SSSR count). The number of rotatable bonds is 5. The van der Waals surface area contributed by atoms with Gasteiger partial charge in [0.2, 0.25) is 0 Å². The van der Waals surface area contributed by atoms with Gasteiger partial charge in [-0.3, -0.25) is 4.79 Å². The normalized spacial score (nSPS) is 14.4. The predicted octanol–water partition coefficient (Wildman–Crippen LogP) is 3.62. The van der Waals surface area contributed by atoms with Crippen LogP contribution in [0.3, 0.4) is 0 Å². The molecule has 4 aromatic rings. The molecule has 0 bridgehead atoms. The third-order valence-electron chi connectivity index (χ3n) is 6.48. The van der Waals surface area contributed by atoms with Crippen LogP contribution in [0.1, 0.15) is 56.3 Å². The van der Waals surface area contributed by atoms with Gasteiger partial charge in [-0.2, -0.15) is 0 Å². The molecule has 0 spiro atoms. The Labute approximate surface area is 196 Å². The Morgan fingerprint density at radius 2 is 1.65 bits per heavy atom. The molecule has 1 saturated heterocycles. The van der Waals surface area contributed by atoms with E-state index in [2.05, 4.69) is 22.2 Å². The summed E-state index contributed by atoms with van der Waals surface area (Å²) in [6.07, 6.45) is 3.63. The first-order chi connectivity index (χ1) is 16.5. The molecule has 3 heterocycles. The van der Waals surface area contributed by atoms with Crippen molar-refractivity contribution in [2.45, 2.75) is 25.2 Å². The van der Waals surface area contributed by atoms with Gasteiger partial charge in [0.1, 0.15) is 5.56 Å². The molecule has 34 heavy (non-hydrogen) atoms. The maximum atomic E-state index is 13.6. The quantitative estimate of drug-likeness (QED) is 0.475. The van der Waals surface area contributed by atoms with Crippen LogP contribution in [0, 0.1) is 0 Å². The summed E-state index contributed by atoms with van der Waals surface area (Å²) in [6.45, 7) is 1.28. The van der Waals surface area contributed by atoms with Crippen molar-refractivity contribution in [3.63, 3.8) is 0 Å². The van der Waals surface area contributed by atoms with E-state index in [4.69, 9.17) is 5.73 Å². The Hall–Kier alpha value is -4.20. The number of aromatic nitrogens is 3. The molecule has 1 amide bonds. The number of carboxylic acids is 1. The summed E-state index contributed by atoms with van der Waals surface area (Å²) in [7, 11) is 0. The van der Waals surface area contributed by atoms with Gasteiger partial charge in [0.25, 0.3) is 5.91 Å². The van der Waals surface area contributed by atoms with Crippen LogP contribution < -0.4 is 5.73 Å². The number of carboxylic acid groups (broad SMARTS) is 1. The molecule has 0 saturated carbocycles. The lowest BCUT2D eigenvalue weighted by molar-refractivity contribution is 0.0696. The zero-order valence-electron chi connectivity index (χ0n) is 18.6. The Balaban J connectivity index is 1.49. The summed E-state index contributed by atoms with van der Waals surface area (Å²) in [6, 6.07) is 20.1. The van der Waals surface area contributed by atoms with Gasteiger partial charge in [0.05, 0.1) is 11.3 Å². The van der Waals surface area contributed by atoms with Gasteiger partial charge in [0.15, 0.2) is 11.5 Å². The van der Waals surface area contributed by atoms with Crippen LogP contribution >= 0.6 is 0 Å². The van der Waals surface area contributed by atoms with Crippen molar-refractivity contribution < 1.29 is 14.7 Å². The number of fused-ring (bicyclic) bond motifs is 1. The molecular formula is C26H25N5O3. The number of aromatic carboxylic acids is 1. The number of nitrogens with zero attached hydrogens (tertiary/aromatic N) is 4. The van der Waals surface area contributed by atoms with Crippen LogP contribution in [0.15, 0.2) is 66.9 Å². The monoisotopic (exact) mass is 455 g/mol. The van der Waals surface area contributed by atoms with E-state index in [9.17, 15) is 14.7 Å². The number of hydrogen-bond donors (Lipinski definition) is 2. The molecule has 172 valence electrons. The van der Waals surface area contributed by atoms with Crippen molar-refractivity contribution in [3.05, 3.63) is 94.8 Å². The first kappa shape index (κ1) is 21.6. The van der Waals surface area contributed by atoms with E-state index in [1.165, 1.54) is 16.3 Å². The summed E-state index contributed by atoms with van der Waals surface area (Å²) < 4.78 is 1.41. The molecular weight excluding hydrogens is 430 g/mol. The van der Waals surface area contributed by atoms with E-state index in [1.807, 2.05) is 53.4 Å². The van der Waals surface area contributed by atoms with Crippen molar-refractivity contribution in [2.75, 3.05) is 18.8 Å². The second kappa shape index (κ2) is 8.97. The standard InChI is InChI=1S/C26H25N5O3/c27-23-22(26(33)34)24-28-16-20(21(31(24)29-23)15-17-7-3-1-4-8-17)25(32)30-13-11-19(12-14-30)18-9-5-2-6-10-18/h1-10,16,19H,11-15H2,(H2,27,29)(H,33,34). The summed E-state index contributed by atoms with van der Waals surface area (Å²) in [5, 5.41) is 13.8. The van der Waals surface area contributed by atoms with Crippen LogP contribution in [0.5, 0.6) is 0 Å². The van der Waals surface area contributed by atoms with Crippen molar-refractivity contribution >= 4 is 23.3 Å². The maximum Gasteiger partial charge on any atom is 0.343 e. The first-order valence-corrected chi connectivity index (χ1v) is 11.3. The number of nitrogen functional groups attached to an aromatic ring is 1. The average Bonchev–Trinajstić information content (AvgIpc) is 3.22. The molecule has 2 aromatic carbocycles. The number of amides is 1. The minimum absolute atomic E-state index is 0.123. The Morgan fingerprint density at radius 1 is 1.00 bits per heavy atom. The lowest BCUT2D eigenvalue weighted by atomic mass is 9.89. The number of piperidine rings is 1. The van der Waals surface area contributed by atoms with Gasteiger partial charge in [-0.15, -0.1) is 5.10 Å². The lowest BCUT2D eigenvalue weighted by Crippen LogP contribution is -2.38. The molecule has 0 atom stereocenters. The zero-order chi connectivity index (χ0) is 23.7. The lowest BCUT2D eigenvalue weighted by Gasteiger charge is -2.32. The minimum Gasteiger partial charge on any atom is -0.477 e. The van der Waals surface area contributed by atoms with Crippen LogP contribution in [0.25, 0.3) is 5.65 Å². The number of anilines is 1. The zero-order valence-corrected chi connectivity index (χ0v) is 18.6. The second-order valence-corrected chi connectivity index (χ2v) is 8.56. The smallest absolute Gasteiger partial charge is 0.343 e. The topological polar surface area (TPSA) is 114 Å². The van der Waals surface area contributed by atoms with Crippen molar-refractivity contribution in [3.8, 4) is 0 Å². The number of benzene rings is 2. The van der Waals surface area contributed by atoms with Crippen LogP contribution in [-0.4, -0.2) is 49.6 Å². The molecule has 8 heteroatoms. The Morgan fingerprint density at radius 3 is 2.29 bits per heavy atom. The summed E-state index contributed by atoms with van der Waals surface area (Å²) in [5.41, 5.74) is 9.14. The molecule has 0 unspecified atom stereocenters. The third kappa shape index (κ3) is 3.98. The number of likely N-dealkylation sites (tertiary alicyclic amines) is 1. The average molecular weight is 456 g/mol. The summed E-state index contributed by atoms with van der Waals surface area (Å²) >= 11 is 0. The summed E-state index contributed by atoms with van der Waals surface area (Å²) in [5.74, 6) is -1.02. The Kier molecular flexibility index (Phi) is 5.71. The Bertz CT molecular complexity index is 1340. The molecule has 1 fully saturated rings. The van der Waals surface area contributed by atoms with E-state index in [-0.39, 0.29) is 22.9 Å². The minimum atomic E-state index is -1.20. The SMILES string of the molecule is Nc1nn2c(Cc3ccccc3)c(C(=O)N3CCC(c4ccccc4)CC3)cnc2c1C(=O)O. The van der Waals surface area contributed by atoms with Gasteiger partial charge >= 0.3 is 5.97 Å². The highest BCUT2D eigenvalue weighted by atomic mass is 16.4. The fourth-order valence-corrected chi connectivity index (χ4v) is 4.70. The third-order valence-corrected chi connectivity index (χ3v) is 6.48. The second-order valence-electron chi connectivity index (χ2n) is 8.56. The van der Waals surface area contributed by atoms with Crippen LogP contribution in [0.2, 0.25) is 0 Å². The molecule has 0 radical (unpaired) electrons. The van der Waals surface area contributed by atoms with E-state index in [0.29, 0.717) is 36.7 Å². The van der Waals surface area contributed by atoms with Crippen LogP contribution in [-0.2, 0) is 6.42 Å². The van der Waals surface area contributed by atoms with Crippen LogP contribution in [0.4, 0.5) is 5.82 Å². The fraction of sp³-hybridized carbons (Fsp3) is 0.231. The molecule has 3 N–H and O–H groups in total. The predicted molar refractivity (Wildman–Crippen MR) is 128 cm³/mol. The largest absolute Gasteiger partial charge is 0.477 e. The molecule has 1 aliphatic heterocycles. The highest BCUT2D eigenvalue weighted by molar-refractivity contribution is 6.00. The van der Waals surface area contributed by atoms with Crippen molar-refractivity contribution in [1.29, 1.82) is 0 Å². The van der Waals surface area contributed by atoms with Crippen molar-refractivity contribution in [2.24, 2.45) is 0 Å². The highest BCUT2D eigenvalue weighted by Gasteiger charge is 2.29. The molecule has 2 aromatic heterocycles. The van der Waals surface area contributed by atoms with E-state index in [1.54, 1.807) is 0 Å². The highest BCUT2D eigenvalue weighted by Crippen LogP contribution is 2.29. The number of nitrogens with two attached hydrogens (primary N) is 1. The van der Waals surface area contributed by atoms with Gasteiger partial charge in [-0.05, 0) is 29.9 Å². The molecule has 1 aliphatic rings. The molecule has 0 aliphatic carbocycles. The van der Waals surface area contributed by atoms with E-state index in [0.717, 1.165) is 18.4 Å². The first-order valence-electron chi connectivity index (χ1n) is 11.3. The maximum absolute atomic E-state index is 13.6. The van der Waals surface area contributed by atoms with Gasteiger partial charge in [-0.1, -0.05) is 60.7 Å². The van der Waals surface area contributed by atoms with E-state index >= 15 is 0 Å². The fourth-order valence-electron chi connectivity index (χ4n) is 4.70. The number of carbonyl (C=O) groups excluding carboxylic acids is 1. The van der Waals surface area contributed by atoms with Gasteiger partial charge in [0, 0.05) is 25.7 Å². The van der Waals surface area contributed by atoms with Gasteiger partial charge in [-0.25, -0.2) is 14.3 Å². The van der Waals surface area contributed by atoms with Gasteiger partial charge < -0.3 is 15.7 Å². The molecule has 8 nitrogen and oxygen atoms in total.